The first kappa shape index (κ1) is 15.2. The molecule has 1 rings (SSSR count). The molecule has 0 radical (unpaired) electrons. The molecule has 0 fully saturated rings. The highest BCUT2D eigenvalue weighted by Gasteiger charge is 2.22. The van der Waals surface area contributed by atoms with Crippen LogP contribution in [0, 0.1) is 0 Å². The Morgan fingerprint density at radius 2 is 2.16 bits per heavy atom. The molecule has 8 nitrogen and oxygen atoms in total. The first-order valence-electron chi connectivity index (χ1n) is 5.43. The van der Waals surface area contributed by atoms with Gasteiger partial charge >= 0.3 is 5.97 Å². The number of imidazole rings is 1. The number of sulfone groups is 1. The van der Waals surface area contributed by atoms with Gasteiger partial charge < -0.3 is 15.0 Å². The number of carboxylic acid groups (broad SMARTS) is 1. The van der Waals surface area contributed by atoms with Crippen LogP contribution in [-0.4, -0.2) is 53.0 Å². The van der Waals surface area contributed by atoms with Crippen molar-refractivity contribution in [1.82, 2.24) is 14.9 Å². The number of hydrogen-bond acceptors (Lipinski definition) is 5. The third-order valence-electron chi connectivity index (χ3n) is 2.53. The summed E-state index contributed by atoms with van der Waals surface area (Å²) in [5, 5.41) is 10.0. The summed E-state index contributed by atoms with van der Waals surface area (Å²) in [4.78, 5) is 25.7. The third kappa shape index (κ3) is 4.36. The molecule has 0 saturated carbocycles. The molecule has 0 saturated heterocycles. The molecule has 0 aliphatic carbocycles. The summed E-state index contributed by atoms with van der Waals surface area (Å²) in [6.45, 7) is 1.81. The van der Waals surface area contributed by atoms with Gasteiger partial charge in [0.1, 0.15) is 5.25 Å². The summed E-state index contributed by atoms with van der Waals surface area (Å²) in [5.74, 6) is -1.71. The fourth-order valence-corrected chi connectivity index (χ4v) is 1.71. The normalized spacial score (nSPS) is 12.9. The Hall–Kier alpha value is -1.90. The maximum absolute atomic E-state index is 11.5. The fraction of sp³-hybridized carbons (Fsp3) is 0.500. The van der Waals surface area contributed by atoms with Crippen LogP contribution in [0.4, 0.5) is 0 Å². The maximum atomic E-state index is 11.5. The number of aromatic nitrogens is 2. The Kier molecular flexibility index (Phi) is 4.65. The summed E-state index contributed by atoms with van der Waals surface area (Å²) in [7, 11) is -3.41. The lowest BCUT2D eigenvalue weighted by atomic mass is 10.4. The Balaban J connectivity index is 2.46. The molecule has 9 heteroatoms. The van der Waals surface area contributed by atoms with Crippen LogP contribution < -0.4 is 5.32 Å². The molecule has 1 amide bonds. The second-order valence-corrected chi connectivity index (χ2v) is 6.43. The summed E-state index contributed by atoms with van der Waals surface area (Å²) in [6, 6.07) is 0. The largest absolute Gasteiger partial charge is 0.476 e. The molecule has 0 aliphatic heterocycles. The number of carboxylic acids is 1. The van der Waals surface area contributed by atoms with Crippen molar-refractivity contribution >= 4 is 21.7 Å². The summed E-state index contributed by atoms with van der Waals surface area (Å²) >= 11 is 0. The minimum absolute atomic E-state index is 0.0872. The highest BCUT2D eigenvalue weighted by molar-refractivity contribution is 7.92. The zero-order valence-electron chi connectivity index (χ0n) is 10.5. The molecule has 106 valence electrons. The minimum Gasteiger partial charge on any atom is -0.476 e. The van der Waals surface area contributed by atoms with Crippen molar-refractivity contribution in [1.29, 1.82) is 0 Å². The summed E-state index contributed by atoms with van der Waals surface area (Å²) < 4.78 is 23.8. The van der Waals surface area contributed by atoms with Gasteiger partial charge in [-0.2, -0.15) is 0 Å². The van der Waals surface area contributed by atoms with Gasteiger partial charge in [0.05, 0.1) is 6.33 Å². The monoisotopic (exact) mass is 289 g/mol. The van der Waals surface area contributed by atoms with Crippen LogP contribution in [-0.2, 0) is 21.2 Å². The van der Waals surface area contributed by atoms with E-state index in [2.05, 4.69) is 10.3 Å². The van der Waals surface area contributed by atoms with Crippen molar-refractivity contribution in [2.45, 2.75) is 18.7 Å². The molecule has 1 aromatic rings. The lowest BCUT2D eigenvalue weighted by Crippen LogP contribution is -2.38. The minimum atomic E-state index is -3.41. The second-order valence-electron chi connectivity index (χ2n) is 4.06. The van der Waals surface area contributed by atoms with Crippen molar-refractivity contribution in [2.24, 2.45) is 0 Å². The van der Waals surface area contributed by atoms with Gasteiger partial charge in [-0.15, -0.1) is 0 Å². The first-order valence-corrected chi connectivity index (χ1v) is 7.39. The van der Waals surface area contributed by atoms with Crippen molar-refractivity contribution in [3.8, 4) is 0 Å². The number of nitrogens with zero attached hydrogens (tertiary/aromatic N) is 2. The van der Waals surface area contributed by atoms with Gasteiger partial charge in [0.15, 0.2) is 15.5 Å². The van der Waals surface area contributed by atoms with Crippen LogP contribution in [0.15, 0.2) is 12.5 Å². The van der Waals surface area contributed by atoms with Gasteiger partial charge in [0.25, 0.3) is 0 Å². The van der Waals surface area contributed by atoms with Crippen molar-refractivity contribution in [3.05, 3.63) is 18.2 Å². The van der Waals surface area contributed by atoms with E-state index in [4.69, 9.17) is 5.11 Å². The number of rotatable bonds is 6. The number of amides is 1. The zero-order valence-corrected chi connectivity index (χ0v) is 11.3. The van der Waals surface area contributed by atoms with Crippen LogP contribution in [0.1, 0.15) is 17.4 Å². The Labute approximate surface area is 110 Å². The van der Waals surface area contributed by atoms with E-state index in [1.54, 1.807) is 0 Å². The first-order chi connectivity index (χ1) is 8.71. The van der Waals surface area contributed by atoms with E-state index < -0.39 is 27.0 Å². The molecule has 1 unspecified atom stereocenters. The Morgan fingerprint density at radius 1 is 1.53 bits per heavy atom. The van der Waals surface area contributed by atoms with Gasteiger partial charge in [-0.3, -0.25) is 4.79 Å². The Morgan fingerprint density at radius 3 is 2.63 bits per heavy atom. The van der Waals surface area contributed by atoms with E-state index in [1.807, 2.05) is 0 Å². The van der Waals surface area contributed by atoms with Crippen molar-refractivity contribution in [2.75, 3.05) is 12.8 Å². The van der Waals surface area contributed by atoms with Crippen molar-refractivity contribution < 1.29 is 23.1 Å². The predicted octanol–water partition coefficient (Wildman–Crippen LogP) is -0.869. The highest BCUT2D eigenvalue weighted by atomic mass is 32.2. The molecule has 2 N–H and O–H groups in total. The van der Waals surface area contributed by atoms with E-state index in [0.717, 1.165) is 6.26 Å². The average Bonchev–Trinajstić information content (AvgIpc) is 2.75. The van der Waals surface area contributed by atoms with Crippen molar-refractivity contribution in [3.63, 3.8) is 0 Å². The summed E-state index contributed by atoms with van der Waals surface area (Å²) in [6.07, 6.45) is 3.65. The molecule has 0 aromatic carbocycles. The smallest absolute Gasteiger partial charge is 0.356 e. The maximum Gasteiger partial charge on any atom is 0.356 e. The second kappa shape index (κ2) is 5.83. The molecule has 0 bridgehead atoms. The standard InChI is InChI=1S/C10H15N3O5S/c1-7(19(2,17)18)9(14)11-3-4-13-5-8(10(15)16)12-6-13/h5-7H,3-4H2,1-2H3,(H,11,14)(H,15,16). The molecule has 1 atom stereocenters. The average molecular weight is 289 g/mol. The van der Waals surface area contributed by atoms with Gasteiger partial charge in [-0.25, -0.2) is 18.2 Å². The molecule has 19 heavy (non-hydrogen) atoms. The lowest BCUT2D eigenvalue weighted by Gasteiger charge is -2.10. The van der Waals surface area contributed by atoms with Crippen LogP contribution in [0.25, 0.3) is 0 Å². The number of aromatic carboxylic acids is 1. The zero-order chi connectivity index (χ0) is 14.6. The van der Waals surface area contributed by atoms with Crippen LogP contribution in [0.5, 0.6) is 0 Å². The third-order valence-corrected chi connectivity index (χ3v) is 4.03. The number of carbonyl (C=O) groups excluding carboxylic acids is 1. The van der Waals surface area contributed by atoms with E-state index in [9.17, 15) is 18.0 Å². The van der Waals surface area contributed by atoms with Crippen LogP contribution in [0.3, 0.4) is 0 Å². The van der Waals surface area contributed by atoms with Gasteiger partial charge in [-0.1, -0.05) is 0 Å². The highest BCUT2D eigenvalue weighted by Crippen LogP contribution is 1.98. The van der Waals surface area contributed by atoms with E-state index in [0.29, 0.717) is 6.54 Å². The van der Waals surface area contributed by atoms with Gasteiger partial charge in [-0.05, 0) is 6.92 Å². The van der Waals surface area contributed by atoms with E-state index in [-0.39, 0.29) is 12.2 Å². The number of carbonyl (C=O) groups is 2. The molecule has 1 heterocycles. The van der Waals surface area contributed by atoms with Gasteiger partial charge in [0.2, 0.25) is 5.91 Å². The van der Waals surface area contributed by atoms with Gasteiger partial charge in [0, 0.05) is 25.5 Å². The topological polar surface area (TPSA) is 118 Å². The van der Waals surface area contributed by atoms with Crippen LogP contribution in [0.2, 0.25) is 0 Å². The SMILES string of the molecule is CC(C(=O)NCCn1cnc(C(=O)O)c1)S(C)(=O)=O. The fourth-order valence-electron chi connectivity index (χ4n) is 1.24. The molecule has 0 aliphatic rings. The molecule has 1 aromatic heterocycles. The Bertz CT molecular complexity index is 578. The quantitative estimate of drug-likeness (QED) is 0.703. The lowest BCUT2D eigenvalue weighted by molar-refractivity contribution is -0.120. The number of hydrogen-bond donors (Lipinski definition) is 2. The number of nitrogens with one attached hydrogen (secondary N) is 1. The summed E-state index contributed by atoms with van der Waals surface area (Å²) in [5.41, 5.74) is -0.0872. The molecular formula is C10H15N3O5S. The predicted molar refractivity (Wildman–Crippen MR) is 66.5 cm³/mol. The molecule has 0 spiro atoms. The molecular weight excluding hydrogens is 274 g/mol. The van der Waals surface area contributed by atoms with E-state index in [1.165, 1.54) is 24.0 Å². The van der Waals surface area contributed by atoms with E-state index >= 15 is 0 Å². The van der Waals surface area contributed by atoms with Crippen LogP contribution >= 0.6 is 0 Å².